The molecule has 0 spiro atoms. The van der Waals surface area contributed by atoms with Crippen LogP contribution in [-0.2, 0) is 19.4 Å². The Kier molecular flexibility index (Phi) is 6.99. The molecule has 7 nitrogen and oxygen atoms in total. The van der Waals surface area contributed by atoms with Gasteiger partial charge in [0.05, 0.1) is 0 Å². The van der Waals surface area contributed by atoms with E-state index in [2.05, 4.69) is 16.5 Å². The summed E-state index contributed by atoms with van der Waals surface area (Å²) in [4.78, 5) is 32.8. The van der Waals surface area contributed by atoms with Crippen molar-refractivity contribution in [2.75, 3.05) is 39.3 Å². The van der Waals surface area contributed by atoms with Crippen LogP contribution in [0.4, 0.5) is 0 Å². The molecule has 34 heavy (non-hydrogen) atoms. The summed E-state index contributed by atoms with van der Waals surface area (Å²) in [6, 6.07) is 9.99. The van der Waals surface area contributed by atoms with Crippen molar-refractivity contribution in [1.29, 1.82) is 0 Å². The molecule has 1 atom stereocenters. The number of aromatic nitrogens is 2. The Morgan fingerprint density at radius 1 is 0.912 bits per heavy atom. The number of rotatable bonds is 5. The maximum Gasteiger partial charge on any atom is 0.274 e. The Morgan fingerprint density at radius 3 is 2.32 bits per heavy atom. The molecule has 0 bridgehead atoms. The van der Waals surface area contributed by atoms with Crippen molar-refractivity contribution in [2.45, 2.75) is 64.5 Å². The van der Waals surface area contributed by atoms with Crippen LogP contribution in [0, 0.1) is 0 Å². The molecule has 0 radical (unpaired) electrons. The highest BCUT2D eigenvalue weighted by Gasteiger charge is 2.35. The molecule has 1 aromatic heterocycles. The van der Waals surface area contributed by atoms with E-state index >= 15 is 0 Å². The van der Waals surface area contributed by atoms with E-state index in [1.165, 1.54) is 17.7 Å². The highest BCUT2D eigenvalue weighted by Crippen LogP contribution is 2.30. The normalized spacial score (nSPS) is 21.4. The van der Waals surface area contributed by atoms with Gasteiger partial charge in [0.25, 0.3) is 11.8 Å². The fraction of sp³-hybridized carbons (Fsp3) is 0.593. The van der Waals surface area contributed by atoms with Crippen LogP contribution in [0.1, 0.15) is 71.1 Å². The molecule has 1 aromatic carbocycles. The number of piperidine rings is 1. The van der Waals surface area contributed by atoms with E-state index in [9.17, 15) is 9.59 Å². The van der Waals surface area contributed by atoms with Crippen LogP contribution in [0.5, 0.6) is 0 Å². The summed E-state index contributed by atoms with van der Waals surface area (Å²) in [5, 5.41) is 4.86. The van der Waals surface area contributed by atoms with Crippen LogP contribution in [0.15, 0.2) is 30.3 Å². The van der Waals surface area contributed by atoms with Gasteiger partial charge in [-0.15, -0.1) is 0 Å². The topological polar surface area (TPSA) is 61.7 Å². The zero-order chi connectivity index (χ0) is 23.5. The molecule has 3 heterocycles. The van der Waals surface area contributed by atoms with Crippen molar-refractivity contribution in [3.8, 4) is 0 Å². The molecule has 0 saturated carbocycles. The standard InChI is InChI=1S/C27H37N5O2/c1-2-13-32-24-12-11-22(20-23(24)25(28-32)27(34)30-14-7-4-8-15-30)29-16-18-31(19-17-29)26(33)21-9-5-3-6-10-21/h3,5-6,9-10,22H,2,4,7-8,11-20H2,1H3. The zero-order valence-electron chi connectivity index (χ0n) is 20.4. The summed E-state index contributed by atoms with van der Waals surface area (Å²) >= 11 is 0. The van der Waals surface area contributed by atoms with Crippen molar-refractivity contribution in [3.63, 3.8) is 0 Å². The highest BCUT2D eigenvalue weighted by atomic mass is 16.2. The zero-order valence-corrected chi connectivity index (χ0v) is 20.4. The van der Waals surface area contributed by atoms with Gasteiger partial charge >= 0.3 is 0 Å². The van der Waals surface area contributed by atoms with Gasteiger partial charge in [-0.25, -0.2) is 0 Å². The number of hydrogen-bond acceptors (Lipinski definition) is 4. The molecule has 2 aromatic rings. The summed E-state index contributed by atoms with van der Waals surface area (Å²) in [5.74, 6) is 0.256. The first-order valence-electron chi connectivity index (χ1n) is 13.1. The Hall–Kier alpha value is -2.67. The van der Waals surface area contributed by atoms with Crippen molar-refractivity contribution < 1.29 is 9.59 Å². The van der Waals surface area contributed by atoms with Gasteiger partial charge in [-0.05, 0) is 57.1 Å². The Morgan fingerprint density at radius 2 is 1.62 bits per heavy atom. The molecule has 2 fully saturated rings. The molecule has 2 amide bonds. The SMILES string of the molecule is CCCn1nc(C(=O)N2CCCCC2)c2c1CCC(N1CCN(C(=O)c3ccccc3)CC1)C2. The molecular weight excluding hydrogens is 426 g/mol. The van der Waals surface area contributed by atoms with Gasteiger partial charge in [0.1, 0.15) is 0 Å². The van der Waals surface area contributed by atoms with E-state index in [1.807, 2.05) is 40.1 Å². The second-order valence-corrected chi connectivity index (χ2v) is 9.94. The number of likely N-dealkylation sites (tertiary alicyclic amines) is 1. The molecule has 0 N–H and O–H groups in total. The van der Waals surface area contributed by atoms with Crippen molar-refractivity contribution in [3.05, 3.63) is 52.8 Å². The van der Waals surface area contributed by atoms with Crippen LogP contribution in [0.2, 0.25) is 0 Å². The van der Waals surface area contributed by atoms with E-state index in [1.54, 1.807) is 0 Å². The molecule has 2 saturated heterocycles. The minimum Gasteiger partial charge on any atom is -0.337 e. The average Bonchev–Trinajstić information content (AvgIpc) is 3.27. The predicted octanol–water partition coefficient (Wildman–Crippen LogP) is 3.23. The Bertz CT molecular complexity index is 1000. The summed E-state index contributed by atoms with van der Waals surface area (Å²) < 4.78 is 2.11. The number of hydrogen-bond donors (Lipinski definition) is 0. The molecule has 182 valence electrons. The van der Waals surface area contributed by atoms with Gasteiger partial charge in [-0.3, -0.25) is 19.2 Å². The van der Waals surface area contributed by atoms with E-state index < -0.39 is 0 Å². The molecule has 3 aliphatic rings. The maximum absolute atomic E-state index is 13.4. The van der Waals surface area contributed by atoms with Crippen LogP contribution in [0.3, 0.4) is 0 Å². The van der Waals surface area contributed by atoms with Crippen LogP contribution in [0.25, 0.3) is 0 Å². The quantitative estimate of drug-likeness (QED) is 0.683. The fourth-order valence-corrected chi connectivity index (χ4v) is 5.85. The first-order chi connectivity index (χ1) is 16.7. The third-order valence-electron chi connectivity index (χ3n) is 7.74. The van der Waals surface area contributed by atoms with Crippen LogP contribution in [-0.4, -0.2) is 81.6 Å². The van der Waals surface area contributed by atoms with Crippen LogP contribution < -0.4 is 0 Å². The number of piperazine rings is 1. The predicted molar refractivity (Wildman–Crippen MR) is 132 cm³/mol. The van der Waals surface area contributed by atoms with Crippen molar-refractivity contribution >= 4 is 11.8 Å². The van der Waals surface area contributed by atoms with Crippen molar-refractivity contribution in [2.24, 2.45) is 0 Å². The number of carbonyl (C=O) groups excluding carboxylic acids is 2. The van der Waals surface area contributed by atoms with E-state index in [4.69, 9.17) is 5.10 Å². The lowest BCUT2D eigenvalue weighted by atomic mass is 9.89. The summed E-state index contributed by atoms with van der Waals surface area (Å²) in [5.41, 5.74) is 3.93. The van der Waals surface area contributed by atoms with Crippen molar-refractivity contribution in [1.82, 2.24) is 24.5 Å². The van der Waals surface area contributed by atoms with Gasteiger partial charge in [0.15, 0.2) is 5.69 Å². The average molecular weight is 464 g/mol. The minimum atomic E-state index is 0.126. The third kappa shape index (κ3) is 4.63. The number of carbonyl (C=O) groups is 2. The largest absolute Gasteiger partial charge is 0.337 e. The number of aryl methyl sites for hydroxylation is 1. The smallest absolute Gasteiger partial charge is 0.274 e. The molecule has 5 rings (SSSR count). The van der Waals surface area contributed by atoms with E-state index in [-0.39, 0.29) is 11.8 Å². The van der Waals surface area contributed by atoms with Crippen LogP contribution >= 0.6 is 0 Å². The molecule has 7 heteroatoms. The third-order valence-corrected chi connectivity index (χ3v) is 7.74. The summed E-state index contributed by atoms with van der Waals surface area (Å²) in [6.45, 7) is 8.04. The van der Waals surface area contributed by atoms with E-state index in [0.717, 1.165) is 89.9 Å². The summed E-state index contributed by atoms with van der Waals surface area (Å²) in [7, 11) is 0. The fourth-order valence-electron chi connectivity index (χ4n) is 5.85. The second-order valence-electron chi connectivity index (χ2n) is 9.94. The minimum absolute atomic E-state index is 0.126. The van der Waals surface area contributed by atoms with Gasteiger partial charge in [-0.1, -0.05) is 25.1 Å². The number of nitrogens with zero attached hydrogens (tertiary/aromatic N) is 5. The molecule has 2 aliphatic heterocycles. The first kappa shape index (κ1) is 23.1. The Labute approximate surface area is 202 Å². The molecular formula is C27H37N5O2. The molecule has 1 unspecified atom stereocenters. The van der Waals surface area contributed by atoms with E-state index in [0.29, 0.717) is 11.7 Å². The number of benzene rings is 1. The number of fused-ring (bicyclic) bond motifs is 1. The molecule has 1 aliphatic carbocycles. The second kappa shape index (κ2) is 10.3. The van der Waals surface area contributed by atoms with Gasteiger partial charge in [-0.2, -0.15) is 5.10 Å². The number of amides is 2. The highest BCUT2D eigenvalue weighted by molar-refractivity contribution is 5.94. The lowest BCUT2D eigenvalue weighted by Crippen LogP contribution is -2.53. The maximum atomic E-state index is 13.4. The van der Waals surface area contributed by atoms with Gasteiger partial charge in [0, 0.05) is 68.7 Å². The lowest BCUT2D eigenvalue weighted by Gasteiger charge is -2.41. The monoisotopic (exact) mass is 463 g/mol. The Balaban J connectivity index is 1.28. The van der Waals surface area contributed by atoms with Gasteiger partial charge in [0.2, 0.25) is 0 Å². The lowest BCUT2D eigenvalue weighted by molar-refractivity contribution is 0.0550. The first-order valence-corrected chi connectivity index (χ1v) is 13.1. The summed E-state index contributed by atoms with van der Waals surface area (Å²) in [6.07, 6.45) is 7.38. The van der Waals surface area contributed by atoms with Gasteiger partial charge < -0.3 is 9.80 Å².